The third-order valence-corrected chi connectivity index (χ3v) is 3.47. The van der Waals surface area contributed by atoms with E-state index in [0.717, 1.165) is 4.47 Å². The Balaban J connectivity index is 2.26. The van der Waals surface area contributed by atoms with Crippen molar-refractivity contribution in [1.29, 1.82) is 0 Å². The van der Waals surface area contributed by atoms with Gasteiger partial charge in [-0.3, -0.25) is 4.79 Å². The molecule has 23 heavy (non-hydrogen) atoms. The van der Waals surface area contributed by atoms with Gasteiger partial charge in [-0.05, 0) is 37.3 Å². The molecule has 0 bridgehead atoms. The quantitative estimate of drug-likeness (QED) is 0.715. The predicted octanol–water partition coefficient (Wildman–Crippen LogP) is 4.66. The summed E-state index contributed by atoms with van der Waals surface area (Å²) in [6.45, 7) is 6.35. The molecular weight excluding hydrogens is 358 g/mol. The van der Waals surface area contributed by atoms with Crippen LogP contribution in [0.5, 0.6) is 11.5 Å². The number of hydrogen-bond donors (Lipinski definition) is 1. The van der Waals surface area contributed by atoms with Crippen molar-refractivity contribution in [3.05, 3.63) is 65.2 Å². The Morgan fingerprint density at radius 2 is 2.00 bits per heavy atom. The van der Waals surface area contributed by atoms with Crippen molar-refractivity contribution < 1.29 is 14.3 Å². The first kappa shape index (κ1) is 17.1. The molecule has 0 spiro atoms. The summed E-state index contributed by atoms with van der Waals surface area (Å²) in [5.74, 6) is 0.871. The Morgan fingerprint density at radius 1 is 1.22 bits per heavy atom. The van der Waals surface area contributed by atoms with Gasteiger partial charge in [0.2, 0.25) is 0 Å². The molecular formula is C18H18BrNO3. The average molecular weight is 376 g/mol. The van der Waals surface area contributed by atoms with Crippen LogP contribution in [0.1, 0.15) is 17.3 Å². The van der Waals surface area contributed by atoms with E-state index in [0.29, 0.717) is 36.0 Å². The molecule has 1 N–H and O–H groups in total. The molecule has 0 aliphatic carbocycles. The molecule has 0 radical (unpaired) electrons. The second kappa shape index (κ2) is 8.39. The lowest BCUT2D eigenvalue weighted by Gasteiger charge is -2.13. The van der Waals surface area contributed by atoms with Crippen LogP contribution < -0.4 is 14.8 Å². The fraction of sp³-hybridized carbons (Fsp3) is 0.167. The van der Waals surface area contributed by atoms with Crippen molar-refractivity contribution in [3.8, 4) is 11.5 Å². The molecule has 0 fully saturated rings. The first-order valence-electron chi connectivity index (χ1n) is 7.22. The maximum Gasteiger partial charge on any atom is 0.259 e. The highest BCUT2D eigenvalue weighted by Crippen LogP contribution is 2.28. The summed E-state index contributed by atoms with van der Waals surface area (Å²) in [4.78, 5) is 12.6. The number of benzene rings is 2. The number of hydrogen-bond acceptors (Lipinski definition) is 3. The molecule has 120 valence electrons. The Hall–Kier alpha value is -2.27. The number of carbonyl (C=O) groups is 1. The molecule has 0 aliphatic rings. The normalized spacial score (nSPS) is 10.0. The third kappa shape index (κ3) is 4.60. The van der Waals surface area contributed by atoms with Crippen LogP contribution in [0.3, 0.4) is 0 Å². The number of amides is 1. The molecule has 0 aliphatic heterocycles. The van der Waals surface area contributed by atoms with Gasteiger partial charge < -0.3 is 14.8 Å². The van der Waals surface area contributed by atoms with Crippen LogP contribution in [0.4, 0.5) is 5.69 Å². The Morgan fingerprint density at radius 3 is 2.74 bits per heavy atom. The summed E-state index contributed by atoms with van der Waals surface area (Å²) in [6.07, 6.45) is 1.65. The van der Waals surface area contributed by atoms with Crippen molar-refractivity contribution in [2.45, 2.75) is 6.92 Å². The zero-order valence-electron chi connectivity index (χ0n) is 12.8. The smallest absolute Gasteiger partial charge is 0.259 e. The highest BCUT2D eigenvalue weighted by molar-refractivity contribution is 9.10. The van der Waals surface area contributed by atoms with Crippen LogP contribution in [0.25, 0.3) is 0 Å². The largest absolute Gasteiger partial charge is 0.493 e. The van der Waals surface area contributed by atoms with Crippen molar-refractivity contribution in [2.24, 2.45) is 0 Å². The number of para-hydroxylation sites is 2. The SMILES string of the molecule is C=CCOc1ccccc1NC(=O)c1cc(Br)ccc1OCC. The molecule has 2 aromatic rings. The van der Waals surface area contributed by atoms with E-state index in [-0.39, 0.29) is 5.91 Å². The van der Waals surface area contributed by atoms with Gasteiger partial charge >= 0.3 is 0 Å². The van der Waals surface area contributed by atoms with E-state index in [1.165, 1.54) is 0 Å². The summed E-state index contributed by atoms with van der Waals surface area (Å²) in [5, 5.41) is 2.86. The van der Waals surface area contributed by atoms with Gasteiger partial charge in [-0.2, -0.15) is 0 Å². The van der Waals surface area contributed by atoms with E-state index >= 15 is 0 Å². The lowest BCUT2D eigenvalue weighted by Crippen LogP contribution is -2.14. The lowest BCUT2D eigenvalue weighted by molar-refractivity contribution is 0.102. The van der Waals surface area contributed by atoms with Gasteiger partial charge in [0.25, 0.3) is 5.91 Å². The first-order valence-corrected chi connectivity index (χ1v) is 8.01. The Labute approximate surface area is 144 Å². The highest BCUT2D eigenvalue weighted by Gasteiger charge is 2.15. The van der Waals surface area contributed by atoms with Crippen LogP contribution in [0, 0.1) is 0 Å². The van der Waals surface area contributed by atoms with E-state index in [1.54, 1.807) is 30.3 Å². The third-order valence-electron chi connectivity index (χ3n) is 2.98. The van der Waals surface area contributed by atoms with Gasteiger partial charge in [0.15, 0.2) is 0 Å². The number of nitrogens with one attached hydrogen (secondary N) is 1. The summed E-state index contributed by atoms with van der Waals surface area (Å²) >= 11 is 3.38. The zero-order valence-corrected chi connectivity index (χ0v) is 14.4. The van der Waals surface area contributed by atoms with Gasteiger partial charge in [0, 0.05) is 4.47 Å². The minimum atomic E-state index is -0.260. The van der Waals surface area contributed by atoms with Crippen molar-refractivity contribution in [2.75, 3.05) is 18.5 Å². The molecule has 0 saturated heterocycles. The van der Waals surface area contributed by atoms with Crippen molar-refractivity contribution >= 4 is 27.5 Å². The Bertz CT molecular complexity index is 700. The van der Waals surface area contributed by atoms with Gasteiger partial charge in [-0.1, -0.05) is 40.7 Å². The summed E-state index contributed by atoms with van der Waals surface area (Å²) in [6, 6.07) is 12.6. The predicted molar refractivity (Wildman–Crippen MR) is 95.4 cm³/mol. The molecule has 5 heteroatoms. The maximum absolute atomic E-state index is 12.6. The van der Waals surface area contributed by atoms with Gasteiger partial charge in [0.1, 0.15) is 18.1 Å². The molecule has 0 saturated carbocycles. The van der Waals surface area contributed by atoms with Gasteiger partial charge in [-0.15, -0.1) is 0 Å². The standard InChI is InChI=1S/C18H18BrNO3/c1-3-11-23-17-8-6-5-7-15(17)20-18(21)14-12-13(19)9-10-16(14)22-4-2/h3,5-10,12H,1,4,11H2,2H3,(H,20,21). The number of anilines is 1. The minimum Gasteiger partial charge on any atom is -0.493 e. The number of halogens is 1. The highest BCUT2D eigenvalue weighted by atomic mass is 79.9. The molecule has 0 heterocycles. The molecule has 1 amide bonds. The van der Waals surface area contributed by atoms with Gasteiger partial charge in [0.05, 0.1) is 17.9 Å². The molecule has 0 unspecified atom stereocenters. The lowest BCUT2D eigenvalue weighted by atomic mass is 10.1. The van der Waals surface area contributed by atoms with Gasteiger partial charge in [-0.25, -0.2) is 0 Å². The van der Waals surface area contributed by atoms with Crippen LogP contribution >= 0.6 is 15.9 Å². The van der Waals surface area contributed by atoms with Crippen LogP contribution in [-0.4, -0.2) is 19.1 Å². The molecule has 0 aromatic heterocycles. The van der Waals surface area contributed by atoms with E-state index in [1.807, 2.05) is 25.1 Å². The second-order valence-corrected chi connectivity index (χ2v) is 5.54. The maximum atomic E-state index is 12.6. The Kier molecular flexibility index (Phi) is 6.23. The van der Waals surface area contributed by atoms with Crippen LogP contribution in [0.15, 0.2) is 59.6 Å². The van der Waals surface area contributed by atoms with E-state index in [4.69, 9.17) is 9.47 Å². The monoisotopic (exact) mass is 375 g/mol. The summed E-state index contributed by atoms with van der Waals surface area (Å²) < 4.78 is 11.9. The molecule has 0 atom stereocenters. The topological polar surface area (TPSA) is 47.6 Å². The van der Waals surface area contributed by atoms with Crippen LogP contribution in [-0.2, 0) is 0 Å². The molecule has 4 nitrogen and oxygen atoms in total. The summed E-state index contributed by atoms with van der Waals surface area (Å²) in [7, 11) is 0. The number of rotatable bonds is 7. The fourth-order valence-electron chi connectivity index (χ4n) is 2.00. The number of carbonyl (C=O) groups excluding carboxylic acids is 1. The molecule has 2 rings (SSSR count). The fourth-order valence-corrected chi connectivity index (χ4v) is 2.36. The molecule has 2 aromatic carbocycles. The minimum absolute atomic E-state index is 0.260. The second-order valence-electron chi connectivity index (χ2n) is 4.62. The van der Waals surface area contributed by atoms with Crippen molar-refractivity contribution in [3.63, 3.8) is 0 Å². The average Bonchev–Trinajstić information content (AvgIpc) is 2.56. The first-order chi connectivity index (χ1) is 11.2. The van der Waals surface area contributed by atoms with E-state index < -0.39 is 0 Å². The summed E-state index contributed by atoms with van der Waals surface area (Å²) in [5.41, 5.74) is 1.06. The number of ether oxygens (including phenoxy) is 2. The van der Waals surface area contributed by atoms with Crippen LogP contribution in [0.2, 0.25) is 0 Å². The van der Waals surface area contributed by atoms with E-state index in [9.17, 15) is 4.79 Å². The van der Waals surface area contributed by atoms with Crippen molar-refractivity contribution in [1.82, 2.24) is 0 Å². The zero-order chi connectivity index (χ0) is 16.7. The van der Waals surface area contributed by atoms with E-state index in [2.05, 4.69) is 27.8 Å².